The van der Waals surface area contributed by atoms with Crippen molar-refractivity contribution in [1.82, 2.24) is 4.90 Å². The Morgan fingerprint density at radius 1 is 1.19 bits per heavy atom. The fourth-order valence-corrected chi connectivity index (χ4v) is 4.62. The molecule has 32 heavy (non-hydrogen) atoms. The number of thiophene rings is 1. The van der Waals surface area contributed by atoms with Crippen LogP contribution in [0.3, 0.4) is 0 Å². The highest BCUT2D eigenvalue weighted by atomic mass is 32.1. The highest BCUT2D eigenvalue weighted by Crippen LogP contribution is 2.27. The summed E-state index contributed by atoms with van der Waals surface area (Å²) < 4.78 is 5.70. The largest absolute Gasteiger partial charge is 0.480 e. The van der Waals surface area contributed by atoms with Gasteiger partial charge in [-0.2, -0.15) is 5.26 Å². The van der Waals surface area contributed by atoms with Gasteiger partial charge in [-0.3, -0.25) is 9.59 Å². The van der Waals surface area contributed by atoms with Gasteiger partial charge in [-0.25, -0.2) is 0 Å². The Hall–Kier alpha value is -3.63. The number of ether oxygens (including phenoxy) is 1. The molecule has 1 unspecified atom stereocenters. The van der Waals surface area contributed by atoms with Crippen molar-refractivity contribution in [1.29, 1.82) is 5.26 Å². The molecular formula is C25H23N3O3S. The van der Waals surface area contributed by atoms with Crippen molar-refractivity contribution in [2.45, 2.75) is 32.9 Å². The number of fused-ring (bicyclic) bond motifs is 1. The molecule has 0 spiro atoms. The molecule has 2 amide bonds. The molecule has 1 aliphatic rings. The van der Waals surface area contributed by atoms with E-state index in [9.17, 15) is 14.9 Å². The molecule has 0 radical (unpaired) electrons. The van der Waals surface area contributed by atoms with Crippen LogP contribution in [0.4, 0.5) is 5.69 Å². The standard InChI is InChI=1S/C25H23N3O3S/c1-16-20(25(30)28-12-10-23-19(15-28)11-13-32-23)7-5-8-21(16)27-24(29)17(2)31-22-9-4-3-6-18(22)14-26/h3-9,11,13,17H,10,12,15H2,1-2H3,(H,27,29). The van der Waals surface area contributed by atoms with Gasteiger partial charge in [-0.15, -0.1) is 11.3 Å². The number of amides is 2. The average molecular weight is 446 g/mol. The van der Waals surface area contributed by atoms with Gasteiger partial charge < -0.3 is 15.0 Å². The number of nitrogens with one attached hydrogen (secondary N) is 1. The quantitative estimate of drug-likeness (QED) is 0.625. The normalized spacial score (nSPS) is 13.6. The monoisotopic (exact) mass is 445 g/mol. The van der Waals surface area contributed by atoms with E-state index in [1.165, 1.54) is 10.4 Å². The van der Waals surface area contributed by atoms with E-state index < -0.39 is 6.10 Å². The lowest BCUT2D eigenvalue weighted by molar-refractivity contribution is -0.122. The second-order valence-corrected chi connectivity index (χ2v) is 8.68. The number of carbonyl (C=O) groups is 2. The first-order valence-electron chi connectivity index (χ1n) is 10.4. The SMILES string of the molecule is Cc1c(NC(=O)C(C)Oc2ccccc2C#N)cccc1C(=O)N1CCc2sccc2C1. The lowest BCUT2D eigenvalue weighted by atomic mass is 10.0. The molecule has 0 saturated heterocycles. The maximum Gasteiger partial charge on any atom is 0.265 e. The highest BCUT2D eigenvalue weighted by Gasteiger charge is 2.25. The Labute approximate surface area is 191 Å². The molecule has 0 fully saturated rings. The predicted octanol–water partition coefficient (Wildman–Crippen LogP) is 4.53. The van der Waals surface area contributed by atoms with Crippen LogP contribution < -0.4 is 10.1 Å². The van der Waals surface area contributed by atoms with Crippen LogP contribution in [0.1, 0.15) is 38.8 Å². The molecule has 3 aromatic rings. The number of anilines is 1. The zero-order valence-electron chi connectivity index (χ0n) is 17.9. The molecule has 1 aliphatic heterocycles. The number of rotatable bonds is 5. The van der Waals surface area contributed by atoms with E-state index in [1.807, 2.05) is 11.8 Å². The topological polar surface area (TPSA) is 82.4 Å². The van der Waals surface area contributed by atoms with E-state index in [0.29, 0.717) is 41.2 Å². The molecule has 6 nitrogen and oxygen atoms in total. The molecule has 1 N–H and O–H groups in total. The van der Waals surface area contributed by atoms with Crippen molar-refractivity contribution in [2.24, 2.45) is 0 Å². The van der Waals surface area contributed by atoms with Gasteiger partial charge in [0.1, 0.15) is 11.8 Å². The Kier molecular flexibility index (Phi) is 6.24. The number of nitrogens with zero attached hydrogens (tertiary/aromatic N) is 2. The molecule has 2 heterocycles. The van der Waals surface area contributed by atoms with E-state index in [-0.39, 0.29) is 11.8 Å². The van der Waals surface area contributed by atoms with Crippen molar-refractivity contribution >= 4 is 28.8 Å². The average Bonchev–Trinajstić information content (AvgIpc) is 3.28. The minimum Gasteiger partial charge on any atom is -0.480 e. The first kappa shape index (κ1) is 21.6. The summed E-state index contributed by atoms with van der Waals surface area (Å²) in [6, 6.07) is 16.3. The van der Waals surface area contributed by atoms with Gasteiger partial charge in [0.15, 0.2) is 6.10 Å². The number of hydrogen-bond acceptors (Lipinski definition) is 5. The molecule has 0 aliphatic carbocycles. The van der Waals surface area contributed by atoms with Gasteiger partial charge in [-0.05, 0) is 67.1 Å². The molecule has 4 rings (SSSR count). The van der Waals surface area contributed by atoms with Crippen molar-refractivity contribution in [2.75, 3.05) is 11.9 Å². The van der Waals surface area contributed by atoms with Crippen molar-refractivity contribution in [3.8, 4) is 11.8 Å². The maximum absolute atomic E-state index is 13.2. The summed E-state index contributed by atoms with van der Waals surface area (Å²) in [5, 5.41) is 14.1. The highest BCUT2D eigenvalue weighted by molar-refractivity contribution is 7.10. The van der Waals surface area contributed by atoms with E-state index in [2.05, 4.69) is 22.8 Å². The van der Waals surface area contributed by atoms with Gasteiger partial charge in [0.05, 0.1) is 5.56 Å². The van der Waals surface area contributed by atoms with Crippen molar-refractivity contribution in [3.05, 3.63) is 81.0 Å². The van der Waals surface area contributed by atoms with Crippen LogP contribution in [0.25, 0.3) is 0 Å². The van der Waals surface area contributed by atoms with E-state index >= 15 is 0 Å². The first-order valence-corrected chi connectivity index (χ1v) is 11.3. The minimum atomic E-state index is -0.817. The Morgan fingerprint density at radius 2 is 2.00 bits per heavy atom. The number of benzene rings is 2. The molecule has 162 valence electrons. The summed E-state index contributed by atoms with van der Waals surface area (Å²) in [4.78, 5) is 29.1. The second kappa shape index (κ2) is 9.25. The first-order chi connectivity index (χ1) is 15.5. The van der Waals surface area contributed by atoms with Gasteiger partial charge in [0.25, 0.3) is 11.8 Å². The zero-order chi connectivity index (χ0) is 22.7. The fourth-order valence-electron chi connectivity index (χ4n) is 3.74. The van der Waals surface area contributed by atoms with Crippen LogP contribution >= 0.6 is 11.3 Å². The zero-order valence-corrected chi connectivity index (χ0v) is 18.7. The lowest BCUT2D eigenvalue weighted by Gasteiger charge is -2.28. The van der Waals surface area contributed by atoms with Gasteiger partial charge in [0.2, 0.25) is 0 Å². The second-order valence-electron chi connectivity index (χ2n) is 7.68. The number of hydrogen-bond donors (Lipinski definition) is 1. The summed E-state index contributed by atoms with van der Waals surface area (Å²) in [6.07, 6.45) is 0.0510. The smallest absolute Gasteiger partial charge is 0.265 e. The van der Waals surface area contributed by atoms with Crippen LogP contribution in [-0.2, 0) is 17.8 Å². The van der Waals surface area contributed by atoms with Crippen LogP contribution in [0.15, 0.2) is 53.9 Å². The third kappa shape index (κ3) is 4.36. The molecule has 0 saturated carbocycles. The molecule has 7 heteroatoms. The predicted molar refractivity (Wildman–Crippen MR) is 124 cm³/mol. The van der Waals surface area contributed by atoms with Crippen LogP contribution in [-0.4, -0.2) is 29.4 Å². The molecule has 1 atom stereocenters. The van der Waals surface area contributed by atoms with Gasteiger partial charge in [-0.1, -0.05) is 18.2 Å². The Balaban J connectivity index is 1.47. The molecule has 0 bridgehead atoms. The summed E-state index contributed by atoms with van der Waals surface area (Å²) in [5.41, 5.74) is 3.43. The number of para-hydroxylation sites is 1. The summed E-state index contributed by atoms with van der Waals surface area (Å²) in [7, 11) is 0. The molecule has 1 aromatic heterocycles. The van der Waals surface area contributed by atoms with Crippen LogP contribution in [0.2, 0.25) is 0 Å². The van der Waals surface area contributed by atoms with E-state index in [0.717, 1.165) is 6.42 Å². The lowest BCUT2D eigenvalue weighted by Crippen LogP contribution is -2.36. The Bertz CT molecular complexity index is 1210. The van der Waals surface area contributed by atoms with Crippen molar-refractivity contribution in [3.63, 3.8) is 0 Å². The number of nitriles is 1. The van der Waals surface area contributed by atoms with Crippen molar-refractivity contribution < 1.29 is 14.3 Å². The van der Waals surface area contributed by atoms with E-state index in [1.54, 1.807) is 60.7 Å². The fraction of sp³-hybridized carbons (Fsp3) is 0.240. The molecule has 2 aromatic carbocycles. The van der Waals surface area contributed by atoms with Gasteiger partial charge in [0, 0.05) is 29.2 Å². The van der Waals surface area contributed by atoms with Crippen LogP contribution in [0.5, 0.6) is 5.75 Å². The third-order valence-corrected chi connectivity index (χ3v) is 6.62. The summed E-state index contributed by atoms with van der Waals surface area (Å²) in [6.45, 7) is 4.75. The van der Waals surface area contributed by atoms with Crippen LogP contribution in [0, 0.1) is 18.3 Å². The van der Waals surface area contributed by atoms with E-state index in [4.69, 9.17) is 4.74 Å². The summed E-state index contributed by atoms with van der Waals surface area (Å²) in [5.74, 6) is -0.0368. The summed E-state index contributed by atoms with van der Waals surface area (Å²) >= 11 is 1.74. The molecular weight excluding hydrogens is 422 g/mol. The Morgan fingerprint density at radius 3 is 2.81 bits per heavy atom. The van der Waals surface area contributed by atoms with Gasteiger partial charge >= 0.3 is 0 Å². The number of carbonyl (C=O) groups excluding carboxylic acids is 2. The minimum absolute atomic E-state index is 0.0392. The maximum atomic E-state index is 13.2. The third-order valence-electron chi connectivity index (χ3n) is 5.60.